The van der Waals surface area contributed by atoms with Crippen LogP contribution < -0.4 is 5.73 Å². The van der Waals surface area contributed by atoms with Gasteiger partial charge in [0.15, 0.2) is 0 Å². The molecule has 0 unspecified atom stereocenters. The fourth-order valence-corrected chi connectivity index (χ4v) is 3.88. The SMILES string of the molecule is C.CN(C(=O)Cc1ccc(Cl)c(Cl)c1)[C@H](CN1CC[C@H](O)C1)c1cccc(N)c1. The summed E-state index contributed by atoms with van der Waals surface area (Å²) < 4.78 is 0. The van der Waals surface area contributed by atoms with Crippen molar-refractivity contribution in [1.29, 1.82) is 0 Å². The van der Waals surface area contributed by atoms with E-state index >= 15 is 0 Å². The summed E-state index contributed by atoms with van der Waals surface area (Å²) in [7, 11) is 1.81. The molecule has 158 valence electrons. The highest BCUT2D eigenvalue weighted by Gasteiger charge is 2.28. The molecule has 0 saturated carbocycles. The number of nitrogen functional groups attached to an aromatic ring is 1. The molecule has 7 heteroatoms. The number of amides is 1. The summed E-state index contributed by atoms with van der Waals surface area (Å²) in [6.07, 6.45) is 0.679. The molecule has 0 aliphatic carbocycles. The van der Waals surface area contributed by atoms with E-state index in [4.69, 9.17) is 28.9 Å². The summed E-state index contributed by atoms with van der Waals surface area (Å²) in [4.78, 5) is 16.9. The first-order valence-electron chi connectivity index (χ1n) is 9.29. The molecule has 29 heavy (non-hydrogen) atoms. The minimum absolute atomic E-state index is 0. The third kappa shape index (κ3) is 6.09. The Morgan fingerprint density at radius 2 is 2.03 bits per heavy atom. The average Bonchev–Trinajstić information content (AvgIpc) is 3.07. The number of halogens is 2. The Morgan fingerprint density at radius 1 is 1.28 bits per heavy atom. The van der Waals surface area contributed by atoms with Crippen molar-refractivity contribution in [3.63, 3.8) is 0 Å². The zero-order valence-corrected chi connectivity index (χ0v) is 17.3. The summed E-state index contributed by atoms with van der Waals surface area (Å²) in [6, 6.07) is 12.7. The predicted molar refractivity (Wildman–Crippen MR) is 120 cm³/mol. The third-order valence-electron chi connectivity index (χ3n) is 5.17. The maximum atomic E-state index is 13.0. The van der Waals surface area contributed by atoms with E-state index in [0.29, 0.717) is 28.8 Å². The van der Waals surface area contributed by atoms with Gasteiger partial charge in [-0.15, -0.1) is 0 Å². The number of carbonyl (C=O) groups is 1. The van der Waals surface area contributed by atoms with E-state index in [1.807, 2.05) is 30.3 Å². The van der Waals surface area contributed by atoms with Gasteiger partial charge in [0.05, 0.1) is 28.6 Å². The van der Waals surface area contributed by atoms with Crippen LogP contribution in [-0.2, 0) is 11.2 Å². The first-order chi connectivity index (χ1) is 13.3. The Hall–Kier alpha value is -1.79. The number of likely N-dealkylation sites (N-methyl/N-ethyl adjacent to an activating group) is 1. The van der Waals surface area contributed by atoms with Crippen LogP contribution in [0.25, 0.3) is 0 Å². The highest BCUT2D eigenvalue weighted by molar-refractivity contribution is 6.42. The Balaban J connectivity index is 0.00000300. The number of aliphatic hydroxyl groups is 1. The second kappa shape index (κ2) is 10.3. The van der Waals surface area contributed by atoms with Crippen LogP contribution >= 0.6 is 23.2 Å². The molecule has 1 heterocycles. The number of benzene rings is 2. The molecule has 2 aromatic rings. The van der Waals surface area contributed by atoms with Crippen LogP contribution in [0.1, 0.15) is 31.0 Å². The van der Waals surface area contributed by atoms with Gasteiger partial charge >= 0.3 is 0 Å². The summed E-state index contributed by atoms with van der Waals surface area (Å²) >= 11 is 12.0. The molecule has 5 nitrogen and oxygen atoms in total. The van der Waals surface area contributed by atoms with Crippen molar-refractivity contribution >= 4 is 34.8 Å². The van der Waals surface area contributed by atoms with Gasteiger partial charge in [-0.1, -0.05) is 48.8 Å². The van der Waals surface area contributed by atoms with Crippen LogP contribution in [0.2, 0.25) is 10.0 Å². The molecule has 1 amide bonds. The number of β-amino-alcohol motifs (C(OH)–C–C–N with tert-alkyl or cyclic N) is 1. The third-order valence-corrected chi connectivity index (χ3v) is 5.91. The molecule has 0 aromatic heterocycles. The molecule has 0 spiro atoms. The molecule has 2 aromatic carbocycles. The van der Waals surface area contributed by atoms with Crippen LogP contribution in [0, 0.1) is 0 Å². The van der Waals surface area contributed by atoms with Crippen molar-refractivity contribution in [3.8, 4) is 0 Å². The minimum Gasteiger partial charge on any atom is -0.399 e. The van der Waals surface area contributed by atoms with Gasteiger partial charge in [0.1, 0.15) is 0 Å². The van der Waals surface area contributed by atoms with Crippen molar-refractivity contribution in [1.82, 2.24) is 9.80 Å². The topological polar surface area (TPSA) is 69.8 Å². The molecule has 3 N–H and O–H groups in total. The lowest BCUT2D eigenvalue weighted by Gasteiger charge is -2.32. The molecule has 0 radical (unpaired) electrons. The Morgan fingerprint density at radius 3 is 2.66 bits per heavy atom. The number of nitrogens with two attached hydrogens (primary N) is 1. The fourth-order valence-electron chi connectivity index (χ4n) is 3.56. The number of nitrogens with zero attached hydrogens (tertiary/aromatic N) is 2. The van der Waals surface area contributed by atoms with Crippen LogP contribution in [0.4, 0.5) is 5.69 Å². The number of likely N-dealkylation sites (tertiary alicyclic amines) is 1. The van der Waals surface area contributed by atoms with Gasteiger partial charge in [-0.3, -0.25) is 9.69 Å². The average molecular weight is 438 g/mol. The molecule has 3 rings (SSSR count). The highest BCUT2D eigenvalue weighted by atomic mass is 35.5. The monoisotopic (exact) mass is 437 g/mol. The van der Waals surface area contributed by atoms with E-state index in [0.717, 1.165) is 24.1 Å². The van der Waals surface area contributed by atoms with Crippen molar-refractivity contribution in [2.24, 2.45) is 0 Å². The molecule has 2 atom stereocenters. The molecule has 1 fully saturated rings. The fraction of sp³-hybridized carbons (Fsp3) is 0.409. The number of rotatable bonds is 6. The first kappa shape index (κ1) is 23.5. The number of hydrogen-bond donors (Lipinski definition) is 2. The molecular formula is C22H29Cl2N3O2. The second-order valence-corrected chi connectivity index (χ2v) is 8.13. The lowest BCUT2D eigenvalue weighted by atomic mass is 10.0. The molecular weight excluding hydrogens is 409 g/mol. The van der Waals surface area contributed by atoms with Gasteiger partial charge in [0.25, 0.3) is 0 Å². The second-order valence-electron chi connectivity index (χ2n) is 7.32. The van der Waals surface area contributed by atoms with Gasteiger partial charge in [-0.25, -0.2) is 0 Å². The van der Waals surface area contributed by atoms with Crippen molar-refractivity contribution < 1.29 is 9.90 Å². The van der Waals surface area contributed by atoms with Gasteiger partial charge < -0.3 is 15.7 Å². The Labute approximate surface area is 183 Å². The van der Waals surface area contributed by atoms with E-state index in [1.54, 1.807) is 24.1 Å². The maximum absolute atomic E-state index is 13.0. The van der Waals surface area contributed by atoms with E-state index in [9.17, 15) is 9.90 Å². The quantitative estimate of drug-likeness (QED) is 0.669. The molecule has 1 saturated heterocycles. The predicted octanol–water partition coefficient (Wildman–Crippen LogP) is 4.02. The van der Waals surface area contributed by atoms with Crippen LogP contribution in [-0.4, -0.2) is 53.6 Å². The van der Waals surface area contributed by atoms with Crippen molar-refractivity contribution in [2.75, 3.05) is 32.4 Å². The summed E-state index contributed by atoms with van der Waals surface area (Å²) in [5.41, 5.74) is 8.43. The standard InChI is InChI=1S/C21H25Cl2N3O2.CH4/c1-25(21(28)10-14-5-6-18(22)19(23)9-14)20(13-26-8-7-17(27)12-26)15-3-2-4-16(24)11-15;/h2-6,9,11,17,20,27H,7-8,10,12-13,24H2,1H3;1H4/t17-,20+;/m0./s1. The first-order valence-corrected chi connectivity index (χ1v) is 10.0. The summed E-state index contributed by atoms with van der Waals surface area (Å²) in [6.45, 7) is 2.08. The molecule has 1 aliphatic heterocycles. The van der Waals surface area contributed by atoms with Crippen molar-refractivity contribution in [3.05, 3.63) is 63.6 Å². The van der Waals surface area contributed by atoms with E-state index in [-0.39, 0.29) is 31.9 Å². The number of hydrogen-bond acceptors (Lipinski definition) is 4. The van der Waals surface area contributed by atoms with E-state index < -0.39 is 0 Å². The van der Waals surface area contributed by atoms with E-state index in [2.05, 4.69) is 4.90 Å². The van der Waals surface area contributed by atoms with Gasteiger partial charge in [-0.2, -0.15) is 0 Å². The van der Waals surface area contributed by atoms with E-state index in [1.165, 1.54) is 0 Å². The largest absolute Gasteiger partial charge is 0.399 e. The lowest BCUT2D eigenvalue weighted by Crippen LogP contribution is -2.39. The van der Waals surface area contributed by atoms with Crippen LogP contribution in [0.15, 0.2) is 42.5 Å². The zero-order valence-electron chi connectivity index (χ0n) is 15.8. The zero-order chi connectivity index (χ0) is 20.3. The minimum atomic E-state index is -0.307. The highest BCUT2D eigenvalue weighted by Crippen LogP contribution is 2.27. The maximum Gasteiger partial charge on any atom is 0.227 e. The van der Waals surface area contributed by atoms with Crippen molar-refractivity contribution in [2.45, 2.75) is 32.4 Å². The lowest BCUT2D eigenvalue weighted by molar-refractivity contribution is -0.131. The molecule has 0 bridgehead atoms. The number of carbonyl (C=O) groups excluding carboxylic acids is 1. The Bertz CT molecular complexity index is 847. The van der Waals surface area contributed by atoms with Crippen LogP contribution in [0.5, 0.6) is 0 Å². The van der Waals surface area contributed by atoms with Gasteiger partial charge in [0, 0.05) is 32.4 Å². The Kier molecular flexibility index (Phi) is 8.34. The number of anilines is 1. The molecule has 1 aliphatic rings. The smallest absolute Gasteiger partial charge is 0.227 e. The van der Waals surface area contributed by atoms with Crippen LogP contribution in [0.3, 0.4) is 0 Å². The number of aliphatic hydroxyl groups excluding tert-OH is 1. The van der Waals surface area contributed by atoms with Gasteiger partial charge in [0.2, 0.25) is 5.91 Å². The summed E-state index contributed by atoms with van der Waals surface area (Å²) in [5, 5.41) is 10.8. The van der Waals surface area contributed by atoms with Gasteiger partial charge in [-0.05, 0) is 41.8 Å². The normalized spacial score (nSPS) is 17.6. The summed E-state index contributed by atoms with van der Waals surface area (Å²) in [5.74, 6) is -0.0226.